The van der Waals surface area contributed by atoms with Crippen molar-refractivity contribution in [2.45, 2.75) is 37.5 Å². The van der Waals surface area contributed by atoms with Gasteiger partial charge in [0.25, 0.3) is 0 Å². The Morgan fingerprint density at radius 3 is 3.05 bits per heavy atom. The van der Waals surface area contributed by atoms with Crippen molar-refractivity contribution in [3.8, 4) is 5.75 Å². The SMILES string of the molecule is CCSC1CCCC1n1c(N)nc2cc(OC)ccc21. The van der Waals surface area contributed by atoms with Crippen LogP contribution >= 0.6 is 11.8 Å². The van der Waals surface area contributed by atoms with E-state index in [1.54, 1.807) is 7.11 Å². The van der Waals surface area contributed by atoms with Gasteiger partial charge in [0.2, 0.25) is 5.95 Å². The van der Waals surface area contributed by atoms with Crippen LogP contribution in [0, 0.1) is 0 Å². The average molecular weight is 291 g/mol. The lowest BCUT2D eigenvalue weighted by molar-refractivity contribution is 0.415. The molecule has 2 aromatic rings. The van der Waals surface area contributed by atoms with Crippen molar-refractivity contribution in [1.82, 2.24) is 9.55 Å². The van der Waals surface area contributed by atoms with E-state index in [0.29, 0.717) is 17.2 Å². The molecule has 0 spiro atoms. The molecular weight excluding hydrogens is 270 g/mol. The van der Waals surface area contributed by atoms with Gasteiger partial charge in [-0.3, -0.25) is 0 Å². The number of hydrogen-bond donors (Lipinski definition) is 1. The second kappa shape index (κ2) is 5.56. The topological polar surface area (TPSA) is 53.1 Å². The number of fused-ring (bicyclic) bond motifs is 1. The van der Waals surface area contributed by atoms with E-state index in [1.807, 2.05) is 23.9 Å². The molecule has 0 aliphatic heterocycles. The average Bonchev–Trinajstić information content (AvgIpc) is 3.01. The highest BCUT2D eigenvalue weighted by molar-refractivity contribution is 7.99. The first-order chi connectivity index (χ1) is 9.74. The third-order valence-electron chi connectivity index (χ3n) is 4.05. The second-order valence-electron chi connectivity index (χ2n) is 5.19. The molecule has 0 bridgehead atoms. The van der Waals surface area contributed by atoms with Crippen molar-refractivity contribution in [1.29, 1.82) is 0 Å². The number of nitrogens with zero attached hydrogens (tertiary/aromatic N) is 2. The lowest BCUT2D eigenvalue weighted by Gasteiger charge is -2.22. The maximum Gasteiger partial charge on any atom is 0.201 e. The first-order valence-corrected chi connectivity index (χ1v) is 8.22. The summed E-state index contributed by atoms with van der Waals surface area (Å²) in [5.41, 5.74) is 8.23. The number of methoxy groups -OCH3 is 1. The molecule has 3 rings (SSSR count). The molecule has 20 heavy (non-hydrogen) atoms. The fourth-order valence-electron chi connectivity index (χ4n) is 3.18. The van der Waals surface area contributed by atoms with E-state index in [9.17, 15) is 0 Å². The van der Waals surface area contributed by atoms with Crippen LogP contribution in [0.15, 0.2) is 18.2 Å². The van der Waals surface area contributed by atoms with E-state index in [4.69, 9.17) is 10.5 Å². The number of ether oxygens (including phenoxy) is 1. The van der Waals surface area contributed by atoms with Gasteiger partial charge in [0, 0.05) is 17.4 Å². The number of aromatic nitrogens is 2. The van der Waals surface area contributed by atoms with E-state index in [2.05, 4.69) is 22.5 Å². The molecule has 1 heterocycles. The minimum absolute atomic E-state index is 0.471. The van der Waals surface area contributed by atoms with E-state index in [0.717, 1.165) is 22.5 Å². The Hall–Kier alpha value is -1.36. The van der Waals surface area contributed by atoms with Crippen LogP contribution in [0.5, 0.6) is 5.75 Å². The predicted octanol–water partition coefficient (Wildman–Crippen LogP) is 3.47. The van der Waals surface area contributed by atoms with Gasteiger partial charge in [-0.05, 0) is 30.7 Å². The van der Waals surface area contributed by atoms with Gasteiger partial charge >= 0.3 is 0 Å². The summed E-state index contributed by atoms with van der Waals surface area (Å²) in [6.07, 6.45) is 3.75. The Kier molecular flexibility index (Phi) is 3.78. The molecule has 108 valence electrons. The van der Waals surface area contributed by atoms with Crippen LogP contribution in [-0.2, 0) is 0 Å². The van der Waals surface area contributed by atoms with Crippen LogP contribution in [0.25, 0.3) is 11.0 Å². The van der Waals surface area contributed by atoms with Crippen molar-refractivity contribution in [3.63, 3.8) is 0 Å². The number of rotatable bonds is 4. The number of nitrogens with two attached hydrogens (primary N) is 1. The van der Waals surface area contributed by atoms with Crippen LogP contribution < -0.4 is 10.5 Å². The van der Waals surface area contributed by atoms with Gasteiger partial charge in [0.05, 0.1) is 18.1 Å². The third-order valence-corrected chi connectivity index (χ3v) is 5.37. The van der Waals surface area contributed by atoms with Gasteiger partial charge in [-0.2, -0.15) is 11.8 Å². The summed E-state index contributed by atoms with van der Waals surface area (Å²) in [4.78, 5) is 4.51. The van der Waals surface area contributed by atoms with Crippen molar-refractivity contribution in [2.24, 2.45) is 0 Å². The largest absolute Gasteiger partial charge is 0.497 e. The molecule has 1 saturated carbocycles. The second-order valence-corrected chi connectivity index (χ2v) is 6.70. The highest BCUT2D eigenvalue weighted by Crippen LogP contribution is 2.41. The normalized spacial score (nSPS) is 22.5. The fourth-order valence-corrected chi connectivity index (χ4v) is 4.42. The highest BCUT2D eigenvalue weighted by atomic mass is 32.2. The lowest BCUT2D eigenvalue weighted by atomic mass is 10.2. The van der Waals surface area contributed by atoms with Crippen LogP contribution in [-0.4, -0.2) is 27.7 Å². The lowest BCUT2D eigenvalue weighted by Crippen LogP contribution is -2.18. The van der Waals surface area contributed by atoms with Gasteiger partial charge in [-0.1, -0.05) is 13.3 Å². The van der Waals surface area contributed by atoms with Gasteiger partial charge in [-0.15, -0.1) is 0 Å². The summed E-state index contributed by atoms with van der Waals surface area (Å²) in [7, 11) is 1.67. The fraction of sp³-hybridized carbons (Fsp3) is 0.533. The quantitative estimate of drug-likeness (QED) is 0.937. The molecule has 1 aromatic heterocycles. The Morgan fingerprint density at radius 1 is 1.45 bits per heavy atom. The molecule has 0 amide bonds. The Bertz CT molecular complexity index is 610. The van der Waals surface area contributed by atoms with E-state index >= 15 is 0 Å². The maximum absolute atomic E-state index is 6.18. The zero-order chi connectivity index (χ0) is 14.1. The number of benzene rings is 1. The summed E-state index contributed by atoms with van der Waals surface area (Å²) in [6, 6.07) is 6.48. The summed E-state index contributed by atoms with van der Waals surface area (Å²) < 4.78 is 7.49. The van der Waals surface area contributed by atoms with Crippen molar-refractivity contribution in [2.75, 3.05) is 18.6 Å². The smallest absolute Gasteiger partial charge is 0.201 e. The number of anilines is 1. The number of nitrogen functional groups attached to an aromatic ring is 1. The first-order valence-electron chi connectivity index (χ1n) is 7.17. The van der Waals surface area contributed by atoms with Crippen molar-refractivity contribution >= 4 is 28.7 Å². The Labute approximate surface area is 123 Å². The van der Waals surface area contributed by atoms with E-state index in [-0.39, 0.29) is 0 Å². The molecule has 4 nitrogen and oxygen atoms in total. The standard InChI is InChI=1S/C15H21N3OS/c1-3-20-14-6-4-5-13(14)18-12-8-7-10(19-2)9-11(12)17-15(18)16/h7-9,13-14H,3-6H2,1-2H3,(H2,16,17). The summed E-state index contributed by atoms with van der Waals surface area (Å²) >= 11 is 2.04. The van der Waals surface area contributed by atoms with Gasteiger partial charge < -0.3 is 15.0 Å². The summed E-state index contributed by atoms with van der Waals surface area (Å²) in [5.74, 6) is 2.61. The number of hydrogen-bond acceptors (Lipinski definition) is 4. The molecule has 1 aromatic carbocycles. The minimum atomic E-state index is 0.471. The van der Waals surface area contributed by atoms with Crippen molar-refractivity contribution < 1.29 is 4.74 Å². The van der Waals surface area contributed by atoms with Crippen LogP contribution in [0.3, 0.4) is 0 Å². The first kappa shape index (κ1) is 13.6. The zero-order valence-electron chi connectivity index (χ0n) is 12.0. The number of thioether (sulfide) groups is 1. The van der Waals surface area contributed by atoms with Crippen LogP contribution in [0.2, 0.25) is 0 Å². The van der Waals surface area contributed by atoms with E-state index < -0.39 is 0 Å². The zero-order valence-corrected chi connectivity index (χ0v) is 12.8. The maximum atomic E-state index is 6.18. The van der Waals surface area contributed by atoms with Gasteiger partial charge in [0.15, 0.2) is 0 Å². The Morgan fingerprint density at radius 2 is 2.30 bits per heavy atom. The molecule has 1 aliphatic carbocycles. The molecule has 5 heteroatoms. The summed E-state index contributed by atoms with van der Waals surface area (Å²) in [5, 5.41) is 0.654. The molecule has 2 unspecified atom stereocenters. The molecular formula is C15H21N3OS. The summed E-state index contributed by atoms with van der Waals surface area (Å²) in [6.45, 7) is 2.22. The predicted molar refractivity (Wildman–Crippen MR) is 85.5 cm³/mol. The molecule has 0 radical (unpaired) electrons. The van der Waals surface area contributed by atoms with Crippen molar-refractivity contribution in [3.05, 3.63) is 18.2 Å². The third kappa shape index (κ3) is 2.24. The van der Waals surface area contributed by atoms with E-state index in [1.165, 1.54) is 19.3 Å². The van der Waals surface area contributed by atoms with Crippen LogP contribution in [0.4, 0.5) is 5.95 Å². The van der Waals surface area contributed by atoms with Crippen LogP contribution in [0.1, 0.15) is 32.2 Å². The van der Waals surface area contributed by atoms with Gasteiger partial charge in [0.1, 0.15) is 5.75 Å². The Balaban J connectivity index is 2.04. The molecule has 2 N–H and O–H groups in total. The molecule has 0 saturated heterocycles. The minimum Gasteiger partial charge on any atom is -0.497 e. The molecule has 1 aliphatic rings. The van der Waals surface area contributed by atoms with Gasteiger partial charge in [-0.25, -0.2) is 4.98 Å². The number of imidazole rings is 1. The monoisotopic (exact) mass is 291 g/mol. The highest BCUT2D eigenvalue weighted by Gasteiger charge is 2.31. The molecule has 1 fully saturated rings. The molecule has 2 atom stereocenters.